The highest BCUT2D eigenvalue weighted by atomic mass is 14.2. The summed E-state index contributed by atoms with van der Waals surface area (Å²) in [6.07, 6.45) is 0. The van der Waals surface area contributed by atoms with Crippen LogP contribution >= 0.6 is 0 Å². The molecule has 0 aromatic heterocycles. The number of hydrogen-bond acceptors (Lipinski definition) is 0. The maximum Gasteiger partial charge on any atom is -0.0204 e. The van der Waals surface area contributed by atoms with Crippen LogP contribution in [0.25, 0.3) is 0 Å². The predicted octanol–water partition coefficient (Wildman–Crippen LogP) is 4.13. The summed E-state index contributed by atoms with van der Waals surface area (Å²) in [5, 5.41) is 0. The van der Waals surface area contributed by atoms with E-state index in [1.165, 1.54) is 5.57 Å². The molecule has 0 radical (unpaired) electrons. The molecule has 0 aliphatic carbocycles. The third-order valence-electron chi connectivity index (χ3n) is 3.17. The van der Waals surface area contributed by atoms with Crippen molar-refractivity contribution in [3.63, 3.8) is 0 Å². The van der Waals surface area contributed by atoms with Gasteiger partial charge >= 0.3 is 0 Å². The smallest absolute Gasteiger partial charge is 0.0204 e. The largest absolute Gasteiger partial charge is 0.0993 e. The molecule has 0 aliphatic rings. The van der Waals surface area contributed by atoms with Crippen LogP contribution in [0.4, 0.5) is 0 Å². The molecule has 0 bridgehead atoms. The van der Waals surface area contributed by atoms with Gasteiger partial charge in [0.05, 0.1) is 0 Å². The minimum absolute atomic E-state index is 0.626. The summed E-state index contributed by atoms with van der Waals surface area (Å²) in [5.74, 6) is 2.79. The molecular weight excluding hydrogens is 144 g/mol. The van der Waals surface area contributed by atoms with Crippen LogP contribution in [-0.2, 0) is 0 Å². The summed E-state index contributed by atoms with van der Waals surface area (Å²) in [4.78, 5) is 0. The Morgan fingerprint density at radius 1 is 0.917 bits per heavy atom. The van der Waals surface area contributed by atoms with Crippen LogP contribution in [0.15, 0.2) is 12.2 Å². The van der Waals surface area contributed by atoms with Crippen LogP contribution in [0.1, 0.15) is 41.5 Å². The molecule has 0 heterocycles. The third kappa shape index (κ3) is 3.00. The summed E-state index contributed by atoms with van der Waals surface area (Å²) in [5.41, 5.74) is 1.40. The lowest BCUT2D eigenvalue weighted by atomic mass is 9.79. The van der Waals surface area contributed by atoms with Gasteiger partial charge in [0.2, 0.25) is 0 Å². The summed E-state index contributed by atoms with van der Waals surface area (Å²) >= 11 is 0. The summed E-state index contributed by atoms with van der Waals surface area (Å²) in [7, 11) is 0. The van der Waals surface area contributed by atoms with Crippen molar-refractivity contribution in [2.45, 2.75) is 41.5 Å². The number of rotatable bonds is 4. The molecular formula is C12H24. The Bertz CT molecular complexity index is 142. The second kappa shape index (κ2) is 4.69. The number of hydrogen-bond donors (Lipinski definition) is 0. The molecule has 72 valence electrons. The van der Waals surface area contributed by atoms with Crippen molar-refractivity contribution in [1.29, 1.82) is 0 Å². The molecule has 0 aromatic rings. The Hall–Kier alpha value is -0.260. The Morgan fingerprint density at radius 2 is 1.33 bits per heavy atom. The second-order valence-electron chi connectivity index (χ2n) is 4.62. The highest BCUT2D eigenvalue weighted by molar-refractivity contribution is 5.03. The first-order valence-corrected chi connectivity index (χ1v) is 5.06. The first kappa shape index (κ1) is 11.7. The van der Waals surface area contributed by atoms with E-state index >= 15 is 0 Å². The minimum atomic E-state index is 0.626. The quantitative estimate of drug-likeness (QED) is 0.554. The molecule has 2 unspecified atom stereocenters. The van der Waals surface area contributed by atoms with Gasteiger partial charge < -0.3 is 0 Å². The Kier molecular flexibility index (Phi) is 4.59. The Morgan fingerprint density at radius 3 is 1.58 bits per heavy atom. The van der Waals surface area contributed by atoms with E-state index < -0.39 is 0 Å². The van der Waals surface area contributed by atoms with Crippen molar-refractivity contribution in [2.24, 2.45) is 23.7 Å². The Balaban J connectivity index is 4.19. The van der Waals surface area contributed by atoms with Crippen molar-refractivity contribution >= 4 is 0 Å². The fourth-order valence-corrected chi connectivity index (χ4v) is 1.44. The van der Waals surface area contributed by atoms with Gasteiger partial charge in [-0.3, -0.25) is 0 Å². The van der Waals surface area contributed by atoms with Gasteiger partial charge in [0.15, 0.2) is 0 Å². The molecule has 0 rings (SSSR count). The highest BCUT2D eigenvalue weighted by Gasteiger charge is 2.19. The molecule has 0 fully saturated rings. The zero-order valence-corrected chi connectivity index (χ0v) is 9.52. The normalized spacial score (nSPS) is 16.7. The fraction of sp³-hybridized carbons (Fsp3) is 0.833. The molecule has 0 heteroatoms. The van der Waals surface area contributed by atoms with E-state index in [1.54, 1.807) is 0 Å². The van der Waals surface area contributed by atoms with E-state index in [-0.39, 0.29) is 0 Å². The highest BCUT2D eigenvalue weighted by Crippen LogP contribution is 2.29. The zero-order chi connectivity index (χ0) is 9.89. The standard InChI is InChI=1S/C12H24/c1-8(2)10(5)12(7)11(6)9(3)4/h8-9,11-12H,5H2,1-4,6-7H3. The van der Waals surface area contributed by atoms with E-state index in [9.17, 15) is 0 Å². The molecule has 0 N–H and O–H groups in total. The fourth-order valence-electron chi connectivity index (χ4n) is 1.44. The maximum atomic E-state index is 4.16. The first-order chi connectivity index (χ1) is 5.37. The lowest BCUT2D eigenvalue weighted by molar-refractivity contribution is 0.317. The molecule has 0 saturated carbocycles. The monoisotopic (exact) mass is 168 g/mol. The van der Waals surface area contributed by atoms with Gasteiger partial charge in [-0.1, -0.05) is 53.7 Å². The lowest BCUT2D eigenvalue weighted by Gasteiger charge is -2.27. The first-order valence-electron chi connectivity index (χ1n) is 5.06. The van der Waals surface area contributed by atoms with Crippen molar-refractivity contribution in [3.8, 4) is 0 Å². The zero-order valence-electron chi connectivity index (χ0n) is 9.52. The van der Waals surface area contributed by atoms with E-state index in [0.29, 0.717) is 11.8 Å². The van der Waals surface area contributed by atoms with Crippen molar-refractivity contribution in [1.82, 2.24) is 0 Å². The van der Waals surface area contributed by atoms with Crippen LogP contribution in [0.5, 0.6) is 0 Å². The summed E-state index contributed by atoms with van der Waals surface area (Å²) in [6.45, 7) is 17.8. The van der Waals surface area contributed by atoms with E-state index in [4.69, 9.17) is 0 Å². The van der Waals surface area contributed by atoms with Gasteiger partial charge in [-0.2, -0.15) is 0 Å². The van der Waals surface area contributed by atoms with Crippen LogP contribution in [0, 0.1) is 23.7 Å². The molecule has 0 saturated heterocycles. The van der Waals surface area contributed by atoms with Gasteiger partial charge in [0, 0.05) is 0 Å². The van der Waals surface area contributed by atoms with Gasteiger partial charge in [0.1, 0.15) is 0 Å². The average molecular weight is 168 g/mol. The van der Waals surface area contributed by atoms with Crippen molar-refractivity contribution in [2.75, 3.05) is 0 Å². The van der Waals surface area contributed by atoms with E-state index in [0.717, 1.165) is 11.8 Å². The summed E-state index contributed by atoms with van der Waals surface area (Å²) in [6, 6.07) is 0. The number of allylic oxidation sites excluding steroid dienone is 1. The van der Waals surface area contributed by atoms with Gasteiger partial charge in [-0.15, -0.1) is 0 Å². The lowest BCUT2D eigenvalue weighted by Crippen LogP contribution is -2.18. The summed E-state index contributed by atoms with van der Waals surface area (Å²) < 4.78 is 0. The molecule has 0 nitrogen and oxygen atoms in total. The van der Waals surface area contributed by atoms with Crippen molar-refractivity contribution in [3.05, 3.63) is 12.2 Å². The molecule has 2 atom stereocenters. The predicted molar refractivity (Wildman–Crippen MR) is 57.1 cm³/mol. The molecule has 0 aromatic carbocycles. The molecule has 0 aliphatic heterocycles. The van der Waals surface area contributed by atoms with Gasteiger partial charge in [-0.05, 0) is 23.7 Å². The molecule has 0 amide bonds. The van der Waals surface area contributed by atoms with Crippen LogP contribution in [0.3, 0.4) is 0 Å². The molecule has 12 heavy (non-hydrogen) atoms. The van der Waals surface area contributed by atoms with Crippen molar-refractivity contribution < 1.29 is 0 Å². The Labute approximate surface area is 78.1 Å². The van der Waals surface area contributed by atoms with Crippen LogP contribution < -0.4 is 0 Å². The SMILES string of the molecule is C=C(C(C)C)C(C)C(C)C(C)C. The topological polar surface area (TPSA) is 0 Å². The molecule has 0 spiro atoms. The maximum absolute atomic E-state index is 4.16. The third-order valence-corrected chi connectivity index (χ3v) is 3.17. The van der Waals surface area contributed by atoms with E-state index in [2.05, 4.69) is 48.1 Å². The van der Waals surface area contributed by atoms with Crippen LogP contribution in [0.2, 0.25) is 0 Å². The average Bonchev–Trinajstić information content (AvgIpc) is 2.00. The van der Waals surface area contributed by atoms with Gasteiger partial charge in [-0.25, -0.2) is 0 Å². The van der Waals surface area contributed by atoms with Crippen LogP contribution in [-0.4, -0.2) is 0 Å². The second-order valence-corrected chi connectivity index (χ2v) is 4.62. The van der Waals surface area contributed by atoms with E-state index in [1.807, 2.05) is 0 Å². The minimum Gasteiger partial charge on any atom is -0.0993 e. The van der Waals surface area contributed by atoms with Gasteiger partial charge in [0.25, 0.3) is 0 Å².